The number of rotatable bonds is 6. The Bertz CT molecular complexity index is 1060. The molecule has 0 aliphatic rings. The Hall–Kier alpha value is -3.54. The van der Waals surface area contributed by atoms with E-state index in [9.17, 15) is 0 Å². The zero-order valence-electron chi connectivity index (χ0n) is 17.7. The summed E-state index contributed by atoms with van der Waals surface area (Å²) in [7, 11) is 0. The fourth-order valence-corrected chi connectivity index (χ4v) is 3.23. The molecular formula is C24H30N6. The first-order valence-corrected chi connectivity index (χ1v) is 10.1. The lowest BCUT2D eigenvalue weighted by molar-refractivity contribution is 0.678. The van der Waals surface area contributed by atoms with Crippen LogP contribution >= 0.6 is 0 Å². The van der Waals surface area contributed by atoms with Crippen molar-refractivity contribution < 1.29 is 0 Å². The molecule has 2 heterocycles. The summed E-state index contributed by atoms with van der Waals surface area (Å²) in [5.74, 6) is 0. The minimum Gasteiger partial charge on any atom is -0.399 e. The molecule has 30 heavy (non-hydrogen) atoms. The number of aromatic nitrogens is 4. The predicted molar refractivity (Wildman–Crippen MR) is 123 cm³/mol. The number of para-hydroxylation sites is 2. The fourth-order valence-electron chi connectivity index (χ4n) is 3.23. The summed E-state index contributed by atoms with van der Waals surface area (Å²) in [5.41, 5.74) is 18.1. The van der Waals surface area contributed by atoms with Crippen LogP contribution in [0.3, 0.4) is 0 Å². The highest BCUT2D eigenvalue weighted by Crippen LogP contribution is 2.13. The molecule has 4 aromatic rings. The van der Waals surface area contributed by atoms with E-state index in [0.29, 0.717) is 0 Å². The lowest BCUT2D eigenvalue weighted by atomic mass is 10.1. The Morgan fingerprint density at radius 3 is 1.90 bits per heavy atom. The zero-order valence-corrected chi connectivity index (χ0v) is 17.7. The molecule has 0 saturated heterocycles. The SMILES string of the molecule is Cc1cn(CCc2ccccc2N)cn1.Cc1cncn1CCc1ccccc1N. The summed E-state index contributed by atoms with van der Waals surface area (Å²) in [4.78, 5) is 8.27. The second kappa shape index (κ2) is 10.3. The van der Waals surface area contributed by atoms with Crippen LogP contribution in [0.1, 0.15) is 22.5 Å². The maximum absolute atomic E-state index is 5.87. The molecule has 0 aliphatic heterocycles. The van der Waals surface area contributed by atoms with Crippen LogP contribution in [-0.4, -0.2) is 19.1 Å². The van der Waals surface area contributed by atoms with Crippen LogP contribution in [0.25, 0.3) is 0 Å². The van der Waals surface area contributed by atoms with E-state index in [1.54, 1.807) is 0 Å². The molecule has 0 atom stereocenters. The topological polar surface area (TPSA) is 87.7 Å². The monoisotopic (exact) mass is 402 g/mol. The average molecular weight is 403 g/mol. The molecule has 0 radical (unpaired) electrons. The average Bonchev–Trinajstić information content (AvgIpc) is 3.35. The van der Waals surface area contributed by atoms with Crippen molar-refractivity contribution in [2.24, 2.45) is 0 Å². The molecule has 4 N–H and O–H groups in total. The van der Waals surface area contributed by atoms with Crippen molar-refractivity contribution in [2.45, 2.75) is 39.8 Å². The summed E-state index contributed by atoms with van der Waals surface area (Å²) in [6, 6.07) is 16.0. The van der Waals surface area contributed by atoms with E-state index in [-0.39, 0.29) is 0 Å². The predicted octanol–water partition coefficient (Wildman–Crippen LogP) is 4.03. The van der Waals surface area contributed by atoms with Gasteiger partial charge in [-0.3, -0.25) is 0 Å². The van der Waals surface area contributed by atoms with Crippen LogP contribution in [0, 0.1) is 13.8 Å². The molecule has 156 valence electrons. The molecule has 0 bridgehead atoms. The van der Waals surface area contributed by atoms with E-state index in [1.165, 1.54) is 16.8 Å². The van der Waals surface area contributed by atoms with Crippen molar-refractivity contribution >= 4 is 11.4 Å². The largest absolute Gasteiger partial charge is 0.399 e. The summed E-state index contributed by atoms with van der Waals surface area (Å²) >= 11 is 0. The van der Waals surface area contributed by atoms with Crippen molar-refractivity contribution in [3.05, 3.63) is 96.1 Å². The first-order chi connectivity index (χ1) is 14.5. The van der Waals surface area contributed by atoms with E-state index in [0.717, 1.165) is 43.0 Å². The van der Waals surface area contributed by atoms with Gasteiger partial charge in [-0.1, -0.05) is 36.4 Å². The summed E-state index contributed by atoms with van der Waals surface area (Å²) in [5, 5.41) is 0. The van der Waals surface area contributed by atoms with Gasteiger partial charge in [0, 0.05) is 42.6 Å². The van der Waals surface area contributed by atoms with Gasteiger partial charge >= 0.3 is 0 Å². The van der Waals surface area contributed by atoms with Crippen LogP contribution in [0.2, 0.25) is 0 Å². The van der Waals surface area contributed by atoms with E-state index in [4.69, 9.17) is 11.5 Å². The zero-order chi connectivity index (χ0) is 21.3. The van der Waals surface area contributed by atoms with Gasteiger partial charge in [-0.05, 0) is 49.9 Å². The molecule has 0 aliphatic carbocycles. The smallest absolute Gasteiger partial charge is 0.0949 e. The van der Waals surface area contributed by atoms with Gasteiger partial charge in [0.15, 0.2) is 0 Å². The number of anilines is 2. The molecule has 6 nitrogen and oxygen atoms in total. The quantitative estimate of drug-likeness (QED) is 0.477. The Labute approximate surface area is 178 Å². The normalized spacial score (nSPS) is 10.5. The molecule has 0 spiro atoms. The van der Waals surface area contributed by atoms with Crippen LogP contribution in [-0.2, 0) is 25.9 Å². The van der Waals surface area contributed by atoms with Crippen LogP contribution < -0.4 is 11.5 Å². The molecular weight excluding hydrogens is 372 g/mol. The van der Waals surface area contributed by atoms with Crippen LogP contribution in [0.4, 0.5) is 11.4 Å². The van der Waals surface area contributed by atoms with Gasteiger partial charge in [0.05, 0.1) is 18.3 Å². The number of aryl methyl sites for hydroxylation is 6. The third-order valence-electron chi connectivity index (χ3n) is 5.05. The third kappa shape index (κ3) is 5.98. The second-order valence-corrected chi connectivity index (χ2v) is 7.38. The Kier molecular flexibility index (Phi) is 7.27. The van der Waals surface area contributed by atoms with Gasteiger partial charge in [0.2, 0.25) is 0 Å². The van der Waals surface area contributed by atoms with Crippen molar-refractivity contribution in [3.8, 4) is 0 Å². The lowest BCUT2D eigenvalue weighted by Gasteiger charge is -2.07. The molecule has 0 saturated carbocycles. The van der Waals surface area contributed by atoms with Crippen molar-refractivity contribution in [1.29, 1.82) is 0 Å². The first-order valence-electron chi connectivity index (χ1n) is 10.1. The van der Waals surface area contributed by atoms with Gasteiger partial charge in [-0.25, -0.2) is 9.97 Å². The van der Waals surface area contributed by atoms with E-state index >= 15 is 0 Å². The van der Waals surface area contributed by atoms with Gasteiger partial charge in [-0.15, -0.1) is 0 Å². The minimum absolute atomic E-state index is 0.870. The highest BCUT2D eigenvalue weighted by atomic mass is 15.0. The Morgan fingerprint density at radius 1 is 0.800 bits per heavy atom. The molecule has 0 fully saturated rings. The Morgan fingerprint density at radius 2 is 1.40 bits per heavy atom. The number of nitrogens with two attached hydrogens (primary N) is 2. The third-order valence-corrected chi connectivity index (χ3v) is 5.05. The molecule has 2 aromatic carbocycles. The van der Waals surface area contributed by atoms with E-state index in [1.807, 2.05) is 68.4 Å². The van der Waals surface area contributed by atoms with Crippen molar-refractivity contribution in [2.75, 3.05) is 11.5 Å². The summed E-state index contributed by atoms with van der Waals surface area (Å²) < 4.78 is 4.22. The standard InChI is InChI=1S/2C12H15N3/c1-10-8-15(9-14-10)7-6-11-4-2-3-5-12(11)13;1-10-8-14-9-15(10)7-6-11-4-2-3-5-12(11)13/h2*2-5,8-9H,6-7,13H2,1H3. The number of imidazole rings is 2. The van der Waals surface area contributed by atoms with Crippen molar-refractivity contribution in [1.82, 2.24) is 19.1 Å². The van der Waals surface area contributed by atoms with Gasteiger partial charge in [-0.2, -0.15) is 0 Å². The highest BCUT2D eigenvalue weighted by Gasteiger charge is 2.00. The lowest BCUT2D eigenvalue weighted by Crippen LogP contribution is -2.03. The number of hydrogen-bond donors (Lipinski definition) is 2. The Balaban J connectivity index is 0.000000171. The van der Waals surface area contributed by atoms with Gasteiger partial charge in [0.25, 0.3) is 0 Å². The second-order valence-electron chi connectivity index (χ2n) is 7.38. The van der Waals surface area contributed by atoms with Gasteiger partial charge < -0.3 is 20.6 Å². The maximum atomic E-state index is 5.87. The number of benzene rings is 2. The van der Waals surface area contributed by atoms with Crippen molar-refractivity contribution in [3.63, 3.8) is 0 Å². The molecule has 6 heteroatoms. The summed E-state index contributed by atoms with van der Waals surface area (Å²) in [6.07, 6.45) is 9.52. The first kappa shape index (κ1) is 21.2. The van der Waals surface area contributed by atoms with Crippen LogP contribution in [0.5, 0.6) is 0 Å². The summed E-state index contributed by atoms with van der Waals surface area (Å²) in [6.45, 7) is 5.91. The number of nitrogen functional groups attached to an aromatic ring is 2. The number of hydrogen-bond acceptors (Lipinski definition) is 4. The number of nitrogens with zero attached hydrogens (tertiary/aromatic N) is 4. The van der Waals surface area contributed by atoms with E-state index < -0.39 is 0 Å². The maximum Gasteiger partial charge on any atom is 0.0949 e. The van der Waals surface area contributed by atoms with E-state index in [2.05, 4.69) is 38.2 Å². The molecule has 2 aromatic heterocycles. The van der Waals surface area contributed by atoms with Crippen LogP contribution in [0.15, 0.2) is 73.6 Å². The highest BCUT2D eigenvalue weighted by molar-refractivity contribution is 5.46. The fraction of sp³-hybridized carbons (Fsp3) is 0.250. The molecule has 4 rings (SSSR count). The molecule has 0 amide bonds. The van der Waals surface area contributed by atoms with Gasteiger partial charge in [0.1, 0.15) is 0 Å². The minimum atomic E-state index is 0.870. The molecule has 0 unspecified atom stereocenters.